The van der Waals surface area contributed by atoms with Gasteiger partial charge in [0.1, 0.15) is 12.1 Å². The van der Waals surface area contributed by atoms with Crippen molar-refractivity contribution in [1.29, 1.82) is 0 Å². The van der Waals surface area contributed by atoms with Crippen LogP contribution in [-0.4, -0.2) is 70.3 Å². The van der Waals surface area contributed by atoms with E-state index >= 15 is 0 Å². The summed E-state index contributed by atoms with van der Waals surface area (Å²) in [7, 11) is 0. The molecule has 0 unspecified atom stereocenters. The van der Waals surface area contributed by atoms with Gasteiger partial charge in [-0.25, -0.2) is 4.79 Å². The molecule has 1 aliphatic heterocycles. The van der Waals surface area contributed by atoms with Gasteiger partial charge in [-0.1, -0.05) is 36.4 Å². The van der Waals surface area contributed by atoms with E-state index in [1.807, 2.05) is 36.4 Å². The van der Waals surface area contributed by atoms with Crippen LogP contribution in [-0.2, 0) is 20.8 Å². The minimum Gasteiger partial charge on any atom is -0.368 e. The summed E-state index contributed by atoms with van der Waals surface area (Å²) in [6, 6.07) is 16.2. The number of nitrogens with one attached hydrogen (secondary N) is 3. The molecule has 1 aromatic heterocycles. The first-order valence-corrected chi connectivity index (χ1v) is 11.4. The fourth-order valence-corrected chi connectivity index (χ4v) is 4.25. The zero-order valence-electron chi connectivity index (χ0n) is 19.4. The molecule has 35 heavy (non-hydrogen) atoms. The molecule has 2 heterocycles. The second-order valence-electron chi connectivity index (χ2n) is 8.52. The van der Waals surface area contributed by atoms with E-state index in [1.54, 1.807) is 24.3 Å². The minimum absolute atomic E-state index is 0.0120. The predicted octanol–water partition coefficient (Wildman–Crippen LogP) is 1.45. The molecule has 2 atom stereocenters. The number of fused-ring (bicyclic) bond motifs is 1. The molecule has 1 fully saturated rings. The van der Waals surface area contributed by atoms with E-state index in [1.165, 1.54) is 16.7 Å². The number of H-pyrrole nitrogens is 1. The second-order valence-corrected chi connectivity index (χ2v) is 8.52. The number of anilines is 1. The molecule has 10 nitrogen and oxygen atoms in total. The van der Waals surface area contributed by atoms with E-state index in [0.717, 1.165) is 16.6 Å². The lowest BCUT2D eigenvalue weighted by molar-refractivity contribution is -0.142. The van der Waals surface area contributed by atoms with Crippen LogP contribution < -0.4 is 16.4 Å². The maximum Gasteiger partial charge on any atom is 0.321 e. The first kappa shape index (κ1) is 23.8. The number of carbonyl (C=O) groups excluding carboxylic acids is 4. The summed E-state index contributed by atoms with van der Waals surface area (Å²) in [5.41, 5.74) is 7.87. The van der Waals surface area contributed by atoms with Gasteiger partial charge >= 0.3 is 6.03 Å². The molecule has 0 radical (unpaired) electrons. The molecule has 0 saturated carbocycles. The Kier molecular flexibility index (Phi) is 7.00. The topological polar surface area (TPSA) is 141 Å². The summed E-state index contributed by atoms with van der Waals surface area (Å²) >= 11 is 0. The number of nitrogens with two attached hydrogens (primary N) is 1. The third-order valence-corrected chi connectivity index (χ3v) is 6.07. The number of rotatable bonds is 6. The number of aromatic nitrogens is 1. The van der Waals surface area contributed by atoms with Gasteiger partial charge in [-0.3, -0.25) is 14.4 Å². The molecular weight excluding hydrogens is 448 g/mol. The standard InChI is InChI=1S/C25H28N6O4/c1-16(32)31-12-11-30(25(35)28-18-8-3-2-4-9-18)15-22(31)24(34)29-21(23(26)33)14-19-13-17-7-5-6-10-20(17)27-19/h2-10,13,21-22,27H,11-12,14-15H2,1H3,(H2,26,33)(H,28,35)(H,29,34)/t21-,22+/m1/s1. The lowest BCUT2D eigenvalue weighted by atomic mass is 10.1. The Hall–Kier alpha value is -4.34. The third-order valence-electron chi connectivity index (χ3n) is 6.07. The molecule has 10 heteroatoms. The molecule has 0 bridgehead atoms. The summed E-state index contributed by atoms with van der Waals surface area (Å²) in [6.45, 7) is 1.83. The highest BCUT2D eigenvalue weighted by atomic mass is 16.2. The predicted molar refractivity (Wildman–Crippen MR) is 131 cm³/mol. The van der Waals surface area contributed by atoms with Gasteiger partial charge in [-0.05, 0) is 29.7 Å². The molecule has 182 valence electrons. The van der Waals surface area contributed by atoms with Gasteiger partial charge in [0.15, 0.2) is 0 Å². The van der Waals surface area contributed by atoms with Crippen LogP contribution in [0.25, 0.3) is 10.9 Å². The van der Waals surface area contributed by atoms with E-state index in [-0.39, 0.29) is 38.0 Å². The van der Waals surface area contributed by atoms with Gasteiger partial charge in [-0.15, -0.1) is 0 Å². The van der Waals surface area contributed by atoms with E-state index < -0.39 is 23.9 Å². The Balaban J connectivity index is 1.46. The monoisotopic (exact) mass is 476 g/mol. The maximum absolute atomic E-state index is 13.2. The summed E-state index contributed by atoms with van der Waals surface area (Å²) < 4.78 is 0. The van der Waals surface area contributed by atoms with E-state index in [0.29, 0.717) is 5.69 Å². The first-order valence-electron chi connectivity index (χ1n) is 11.4. The number of carbonyl (C=O) groups is 4. The van der Waals surface area contributed by atoms with Gasteiger partial charge < -0.3 is 31.2 Å². The number of primary amides is 1. The number of piperazine rings is 1. The summed E-state index contributed by atoms with van der Waals surface area (Å²) in [4.78, 5) is 56.5. The molecule has 5 N–H and O–H groups in total. The van der Waals surface area contributed by atoms with Crippen molar-refractivity contribution >= 4 is 40.3 Å². The smallest absolute Gasteiger partial charge is 0.321 e. The van der Waals surface area contributed by atoms with Gasteiger partial charge in [0.25, 0.3) is 0 Å². The quantitative estimate of drug-likeness (QED) is 0.427. The van der Waals surface area contributed by atoms with Crippen LogP contribution in [0.1, 0.15) is 12.6 Å². The number of amides is 5. The lowest BCUT2D eigenvalue weighted by Gasteiger charge is -2.40. The van der Waals surface area contributed by atoms with Gasteiger partial charge in [0.2, 0.25) is 17.7 Å². The number of urea groups is 1. The van der Waals surface area contributed by atoms with Crippen LogP contribution >= 0.6 is 0 Å². The number of benzene rings is 2. The van der Waals surface area contributed by atoms with Crippen LogP contribution in [0.5, 0.6) is 0 Å². The molecule has 3 aromatic rings. The fraction of sp³-hybridized carbons (Fsp3) is 0.280. The number of hydrogen-bond donors (Lipinski definition) is 4. The highest BCUT2D eigenvalue weighted by molar-refractivity contribution is 5.94. The molecule has 1 saturated heterocycles. The van der Waals surface area contributed by atoms with Crippen LogP contribution in [0.2, 0.25) is 0 Å². The molecule has 4 rings (SSSR count). The highest BCUT2D eigenvalue weighted by Gasteiger charge is 2.37. The van der Waals surface area contributed by atoms with Crippen LogP contribution in [0.4, 0.5) is 10.5 Å². The Morgan fingerprint density at radius 1 is 1.06 bits per heavy atom. The first-order chi connectivity index (χ1) is 16.8. The van der Waals surface area contributed by atoms with Gasteiger partial charge in [-0.2, -0.15) is 0 Å². The normalized spacial score (nSPS) is 16.5. The molecular formula is C25H28N6O4. The van der Waals surface area contributed by atoms with Gasteiger partial charge in [0.05, 0.1) is 6.54 Å². The zero-order chi connectivity index (χ0) is 24.9. The van der Waals surface area contributed by atoms with Crippen molar-refractivity contribution in [3.63, 3.8) is 0 Å². The average Bonchev–Trinajstić information content (AvgIpc) is 3.26. The SMILES string of the molecule is CC(=O)N1CCN(C(=O)Nc2ccccc2)C[C@H]1C(=O)N[C@H](Cc1cc2ccccc2[nH]1)C(N)=O. The molecule has 2 aromatic carbocycles. The fourth-order valence-electron chi connectivity index (χ4n) is 4.25. The second kappa shape index (κ2) is 10.3. The van der Waals surface area contributed by atoms with Crippen molar-refractivity contribution in [1.82, 2.24) is 20.1 Å². The molecule has 5 amide bonds. The van der Waals surface area contributed by atoms with Crippen LogP contribution in [0.3, 0.4) is 0 Å². The number of hydrogen-bond acceptors (Lipinski definition) is 4. The average molecular weight is 477 g/mol. The summed E-state index contributed by atoms with van der Waals surface area (Å²) in [5.74, 6) is -1.53. The minimum atomic E-state index is -0.988. The number of para-hydroxylation sites is 2. The Bertz CT molecular complexity index is 1210. The molecule has 0 spiro atoms. The van der Waals surface area contributed by atoms with Crippen molar-refractivity contribution in [3.8, 4) is 0 Å². The van der Waals surface area contributed by atoms with Crippen molar-refractivity contribution in [2.75, 3.05) is 25.0 Å². The summed E-state index contributed by atoms with van der Waals surface area (Å²) in [6.07, 6.45) is 0.167. The number of aromatic amines is 1. The lowest BCUT2D eigenvalue weighted by Crippen LogP contribution is -2.63. The molecule has 1 aliphatic rings. The van der Waals surface area contributed by atoms with E-state index in [9.17, 15) is 19.2 Å². The van der Waals surface area contributed by atoms with Crippen LogP contribution in [0, 0.1) is 0 Å². The maximum atomic E-state index is 13.2. The largest absolute Gasteiger partial charge is 0.368 e. The zero-order valence-corrected chi connectivity index (χ0v) is 19.4. The van der Waals surface area contributed by atoms with Crippen molar-refractivity contribution in [3.05, 3.63) is 66.4 Å². The van der Waals surface area contributed by atoms with Crippen LogP contribution in [0.15, 0.2) is 60.7 Å². The van der Waals surface area contributed by atoms with Crippen molar-refractivity contribution < 1.29 is 19.2 Å². The number of nitrogens with zero attached hydrogens (tertiary/aromatic N) is 2. The Labute approximate surface area is 202 Å². The van der Waals surface area contributed by atoms with Crippen molar-refractivity contribution in [2.24, 2.45) is 5.73 Å². The molecule has 0 aliphatic carbocycles. The van der Waals surface area contributed by atoms with Crippen molar-refractivity contribution in [2.45, 2.75) is 25.4 Å². The Morgan fingerprint density at radius 2 is 1.77 bits per heavy atom. The Morgan fingerprint density at radius 3 is 2.46 bits per heavy atom. The third kappa shape index (κ3) is 5.60. The summed E-state index contributed by atoms with van der Waals surface area (Å²) in [5, 5.41) is 6.46. The highest BCUT2D eigenvalue weighted by Crippen LogP contribution is 2.17. The van der Waals surface area contributed by atoms with E-state index in [4.69, 9.17) is 5.73 Å². The van der Waals surface area contributed by atoms with Gasteiger partial charge in [0, 0.05) is 43.3 Å². The van der Waals surface area contributed by atoms with E-state index in [2.05, 4.69) is 15.6 Å².